The fraction of sp³-hybridized carbons (Fsp3) is 0.933. The van der Waals surface area contributed by atoms with Gasteiger partial charge in [-0.3, -0.25) is 0 Å². The van der Waals surface area contributed by atoms with Crippen molar-refractivity contribution in [2.24, 2.45) is 0 Å². The van der Waals surface area contributed by atoms with Gasteiger partial charge in [0.15, 0.2) is 74.9 Å². The zero-order chi connectivity index (χ0) is 56.1. The molecule has 27 heteroatoms. The highest BCUT2D eigenvalue weighted by Gasteiger charge is 2.69. The summed E-state index contributed by atoms with van der Waals surface area (Å²) in [6, 6.07) is 1.51. The van der Waals surface area contributed by atoms with Crippen LogP contribution < -0.4 is 0 Å². The molecule has 4 atom stereocenters. The number of hydrogen-bond donors (Lipinski definition) is 0. The summed E-state index contributed by atoms with van der Waals surface area (Å²) in [7, 11) is -33.5. The van der Waals surface area contributed by atoms with Gasteiger partial charge in [-0.15, -0.1) is 0 Å². The van der Waals surface area contributed by atoms with Gasteiger partial charge in [-0.1, -0.05) is 13.3 Å². The van der Waals surface area contributed by atoms with E-state index in [-0.39, 0.29) is 5.54 Å². The number of rotatable bonds is 24. The van der Waals surface area contributed by atoms with E-state index in [0.717, 1.165) is 4.82 Å². The molecule has 0 bridgehead atoms. The van der Waals surface area contributed by atoms with Gasteiger partial charge in [-0.2, -0.15) is 0 Å². The van der Waals surface area contributed by atoms with Crippen molar-refractivity contribution in [3.63, 3.8) is 0 Å². The molecule has 0 N–H and O–H groups in total. The fourth-order valence-electron chi connectivity index (χ4n) is 9.80. The average molecular weight is 1240 g/mol. The molecular formula is C45H108O14Si13. The summed E-state index contributed by atoms with van der Waals surface area (Å²) in [4.78, 5) is 17.5. The Bertz CT molecular complexity index is 1740. The smallest absolute Gasteiger partial charge is 0.470 e. The standard InChI is InChI=1S/C45H108O14Si13/c1-29-39(60)40(41(46)47-72(59-69(26,27)28)38-32-35-45(56-72,52-65(14,15)16)53-66(17,18)19)42(70(57-67(20,21)22)36-30-33-43(54-70,48-61(2,3)4)49-62(5,6)7)71(58-68(23,24)25)37-31-34-44(55-71,50-63(8,9)10)51-64(11,12)13/h39H,29-38H2,1-28,60H3. The number of carbonyl (C=O) groups excluding carboxylic acids is 1. The first-order valence-corrected chi connectivity index (χ1v) is 64.9. The zero-order valence-electron chi connectivity index (χ0n) is 51.4. The van der Waals surface area contributed by atoms with Gasteiger partial charge in [0.1, 0.15) is 0 Å². The number of carbonyl (C=O) groups is 1. The Morgan fingerprint density at radius 1 is 0.444 bits per heavy atom. The van der Waals surface area contributed by atoms with Gasteiger partial charge in [-0.05, 0) is 214 Å². The second kappa shape index (κ2) is 23.2. The van der Waals surface area contributed by atoms with E-state index in [4.69, 9.17) is 56.6 Å². The molecule has 3 rings (SSSR count). The molecule has 3 saturated heterocycles. The van der Waals surface area contributed by atoms with Gasteiger partial charge in [-0.25, -0.2) is 4.79 Å². The molecule has 424 valence electrons. The zero-order valence-corrected chi connectivity index (χ0v) is 65.4. The van der Waals surface area contributed by atoms with Crippen LogP contribution in [0.1, 0.15) is 51.9 Å². The van der Waals surface area contributed by atoms with Crippen molar-refractivity contribution in [1.29, 1.82) is 0 Å². The van der Waals surface area contributed by atoms with Crippen LogP contribution in [0.4, 0.5) is 0 Å². The van der Waals surface area contributed by atoms with Crippen molar-refractivity contribution < 1.29 is 61.4 Å². The molecule has 3 heterocycles. The summed E-state index contributed by atoms with van der Waals surface area (Å²) in [5, 5.41) is 0. The molecule has 0 spiro atoms. The van der Waals surface area contributed by atoms with Crippen molar-refractivity contribution in [3.8, 4) is 0 Å². The molecule has 3 aliphatic rings. The Morgan fingerprint density at radius 2 is 0.722 bits per heavy atom. The van der Waals surface area contributed by atoms with Crippen LogP contribution in [0.2, 0.25) is 200 Å². The molecule has 0 radical (unpaired) electrons. The lowest BCUT2D eigenvalue weighted by Crippen LogP contribution is -2.72. The Morgan fingerprint density at radius 3 is 0.986 bits per heavy atom. The highest BCUT2D eigenvalue weighted by molar-refractivity contribution is 7.03. The maximum absolute atomic E-state index is 16.8. The summed E-state index contributed by atoms with van der Waals surface area (Å²) in [6.45, 7) is 60.9. The maximum atomic E-state index is 16.8. The first kappa shape index (κ1) is 67.8. The predicted molar refractivity (Wildman–Crippen MR) is 328 cm³/mol. The van der Waals surface area contributed by atoms with Gasteiger partial charge in [0, 0.05) is 45.9 Å². The molecule has 14 nitrogen and oxygen atoms in total. The molecule has 0 aromatic heterocycles. The van der Waals surface area contributed by atoms with Gasteiger partial charge < -0.3 is 56.6 Å². The molecule has 3 aliphatic heterocycles. The lowest BCUT2D eigenvalue weighted by molar-refractivity contribution is -0.294. The van der Waals surface area contributed by atoms with E-state index in [9.17, 15) is 0 Å². The van der Waals surface area contributed by atoms with Crippen molar-refractivity contribution in [2.45, 2.75) is 270 Å². The molecule has 0 aromatic carbocycles. The van der Waals surface area contributed by atoms with E-state index >= 15 is 4.79 Å². The first-order valence-electron chi connectivity index (χ1n) is 27.1. The molecule has 0 aliphatic carbocycles. The molecule has 72 heavy (non-hydrogen) atoms. The van der Waals surface area contributed by atoms with E-state index in [1.165, 1.54) is 0 Å². The van der Waals surface area contributed by atoms with Crippen LogP contribution in [0.15, 0.2) is 10.4 Å². The van der Waals surface area contributed by atoms with E-state index in [0.29, 0.717) is 78.9 Å². The highest BCUT2D eigenvalue weighted by atomic mass is 28.5. The van der Waals surface area contributed by atoms with Gasteiger partial charge in [0.05, 0.1) is 0 Å². The van der Waals surface area contributed by atoms with Crippen molar-refractivity contribution >= 4 is 117 Å². The second-order valence-corrected chi connectivity index (χ2v) is 80.8. The van der Waals surface area contributed by atoms with Crippen LogP contribution in [0.5, 0.6) is 0 Å². The Labute approximate surface area is 455 Å². The van der Waals surface area contributed by atoms with Crippen LogP contribution >= 0.6 is 0 Å². The number of hydrogen-bond acceptors (Lipinski definition) is 14. The molecule has 0 aromatic rings. The quantitative estimate of drug-likeness (QED) is 0.0515. The first-order chi connectivity index (χ1) is 31.7. The Kier molecular flexibility index (Phi) is 21.8. The van der Waals surface area contributed by atoms with Crippen LogP contribution in [0.3, 0.4) is 0 Å². The summed E-state index contributed by atoms with van der Waals surface area (Å²) in [5.74, 6) is -4.77. The van der Waals surface area contributed by atoms with Gasteiger partial charge in [0.25, 0.3) is 17.9 Å². The molecule has 4 unspecified atom stereocenters. The van der Waals surface area contributed by atoms with E-state index in [1.54, 1.807) is 0 Å². The van der Waals surface area contributed by atoms with Crippen LogP contribution in [-0.2, 0) is 61.4 Å². The SMILES string of the molecule is CCC([SiH3])C(C(=O)O[Si]1(O[Si](C)(C)C)CCCC(O[Si](C)(C)C)(O[Si](C)(C)C)O1)=C([Si]1(O[Si](C)(C)C)CCCC(O[Si](C)(C)C)(O[Si](C)(C)C)O1)[Si]1(O[Si](C)(C)C)CCCC(O[Si](C)(C)C)(O[Si](C)(C)C)O1. The Hall–Kier alpha value is 1.55. The topological polar surface area (TPSA) is 137 Å². The van der Waals surface area contributed by atoms with Crippen molar-refractivity contribution in [3.05, 3.63) is 10.4 Å². The lowest BCUT2D eigenvalue weighted by Gasteiger charge is -2.57. The van der Waals surface area contributed by atoms with Crippen LogP contribution in [0.25, 0.3) is 0 Å². The van der Waals surface area contributed by atoms with Crippen molar-refractivity contribution in [1.82, 2.24) is 0 Å². The third-order valence-electron chi connectivity index (χ3n) is 10.7. The monoisotopic (exact) mass is 1240 g/mol. The third-order valence-corrected chi connectivity index (χ3v) is 38.6. The molecule has 0 amide bonds. The maximum Gasteiger partial charge on any atom is 0.561 e. The van der Waals surface area contributed by atoms with Gasteiger partial charge >= 0.3 is 31.9 Å². The lowest BCUT2D eigenvalue weighted by atomic mass is 10.1. The summed E-state index contributed by atoms with van der Waals surface area (Å²) < 4.78 is 97.2. The highest BCUT2D eigenvalue weighted by Crippen LogP contribution is 2.54. The normalized spacial score (nSPS) is 26.6. The summed E-state index contributed by atoms with van der Waals surface area (Å²) in [6.07, 6.45) is 4.20. The molecule has 3 fully saturated rings. The van der Waals surface area contributed by atoms with E-state index < -0.39 is 125 Å². The minimum absolute atomic E-state index is 0.244. The van der Waals surface area contributed by atoms with E-state index in [2.05, 4.69) is 184 Å². The van der Waals surface area contributed by atoms with Crippen LogP contribution in [0, 0.1) is 0 Å². The van der Waals surface area contributed by atoms with Gasteiger partial charge in [0.2, 0.25) is 0 Å². The predicted octanol–water partition coefficient (Wildman–Crippen LogP) is 13.3. The summed E-state index contributed by atoms with van der Waals surface area (Å²) >= 11 is 0. The van der Waals surface area contributed by atoms with E-state index in [1.807, 2.05) is 0 Å². The van der Waals surface area contributed by atoms with Crippen molar-refractivity contribution in [2.75, 3.05) is 0 Å². The second-order valence-electron chi connectivity index (χ2n) is 29.5. The third kappa shape index (κ3) is 21.6. The minimum Gasteiger partial charge on any atom is -0.470 e. The largest absolute Gasteiger partial charge is 0.561 e. The minimum atomic E-state index is -4.05. The van der Waals surface area contributed by atoms with Crippen LogP contribution in [-0.4, -0.2) is 135 Å². The fourth-order valence-corrected chi connectivity index (χ4v) is 44.0. The summed E-state index contributed by atoms with van der Waals surface area (Å²) in [5.41, 5.74) is 0.279. The molecule has 0 saturated carbocycles. The Balaban J connectivity index is 2.80. The molecular weight excluding hydrogens is 1130 g/mol. The average Bonchev–Trinajstić information content (AvgIpc) is 3.02.